The zero-order valence-corrected chi connectivity index (χ0v) is 19.4. The Morgan fingerprint density at radius 1 is 1.36 bits per heavy atom. The van der Waals surface area contributed by atoms with E-state index in [9.17, 15) is 14.4 Å². The molecule has 2 fully saturated rings. The number of nitrogens with zero attached hydrogens (tertiary/aromatic N) is 4. The molecule has 2 aliphatic rings. The molecule has 2 aliphatic heterocycles. The summed E-state index contributed by atoms with van der Waals surface area (Å²) in [7, 11) is 0. The minimum atomic E-state index is -0.800. The number of hydrogen-bond acceptors (Lipinski definition) is 9. The fourth-order valence-electron chi connectivity index (χ4n) is 4.02. The van der Waals surface area contributed by atoms with Crippen LogP contribution in [0.4, 0.5) is 25.4 Å². The fourth-order valence-corrected chi connectivity index (χ4v) is 4.43. The summed E-state index contributed by atoms with van der Waals surface area (Å²) in [5.74, 6) is -1.19. The lowest BCUT2D eigenvalue weighted by molar-refractivity contribution is 0.0508. The summed E-state index contributed by atoms with van der Waals surface area (Å²) in [6, 6.07) is 4.09. The van der Waals surface area contributed by atoms with Gasteiger partial charge in [0.05, 0.1) is 29.7 Å². The Kier molecular flexibility index (Phi) is 6.06. The van der Waals surface area contributed by atoms with Crippen LogP contribution in [-0.2, 0) is 9.47 Å². The Morgan fingerprint density at radius 2 is 2.15 bits per heavy atom. The Bertz CT molecular complexity index is 1070. The van der Waals surface area contributed by atoms with E-state index in [1.54, 1.807) is 37.8 Å². The normalized spacial score (nSPS) is 22.8. The van der Waals surface area contributed by atoms with Crippen molar-refractivity contribution in [1.82, 2.24) is 18.5 Å². The number of halogens is 1. The third-order valence-corrected chi connectivity index (χ3v) is 5.99. The van der Waals surface area contributed by atoms with Crippen LogP contribution in [-0.4, -0.2) is 64.7 Å². The highest BCUT2D eigenvalue weighted by molar-refractivity contribution is 6.99. The van der Waals surface area contributed by atoms with Gasteiger partial charge in [0.1, 0.15) is 18.8 Å². The second-order valence-corrected chi connectivity index (χ2v) is 9.52. The summed E-state index contributed by atoms with van der Waals surface area (Å²) in [6.45, 7) is 6.36. The van der Waals surface area contributed by atoms with Gasteiger partial charge in [-0.2, -0.15) is 13.5 Å². The molecule has 1 aromatic carbocycles. The van der Waals surface area contributed by atoms with E-state index < -0.39 is 34.0 Å². The molecule has 4 rings (SSSR count). The van der Waals surface area contributed by atoms with Gasteiger partial charge in [0.25, 0.3) is 0 Å². The molecule has 0 spiro atoms. The zero-order valence-electron chi connectivity index (χ0n) is 18.5. The number of rotatable bonds is 4. The molecule has 3 heterocycles. The minimum Gasteiger partial charge on any atom is -0.444 e. The monoisotopic (exact) mass is 478 g/mol. The van der Waals surface area contributed by atoms with Gasteiger partial charge < -0.3 is 19.7 Å². The predicted molar refractivity (Wildman–Crippen MR) is 119 cm³/mol. The van der Waals surface area contributed by atoms with E-state index in [1.165, 1.54) is 12.3 Å². The van der Waals surface area contributed by atoms with Crippen LogP contribution < -0.4 is 14.7 Å². The van der Waals surface area contributed by atoms with E-state index in [0.717, 1.165) is 11.7 Å². The molecule has 10 nitrogen and oxygen atoms in total. The van der Waals surface area contributed by atoms with E-state index in [-0.39, 0.29) is 30.6 Å². The Balaban J connectivity index is 1.53. The smallest absolute Gasteiger partial charge is 0.444 e. The lowest BCUT2D eigenvalue weighted by atomic mass is 10.2. The highest BCUT2D eigenvalue weighted by Crippen LogP contribution is 2.35. The molecule has 2 atom stereocenters. The van der Waals surface area contributed by atoms with Crippen LogP contribution in [0.15, 0.2) is 24.4 Å². The van der Waals surface area contributed by atoms with Gasteiger partial charge in [0, 0.05) is 25.2 Å². The largest absolute Gasteiger partial charge is 0.529 e. The Hall–Kier alpha value is -3.12. The molecular weight excluding hydrogens is 453 g/mol. The van der Waals surface area contributed by atoms with E-state index in [2.05, 4.69) is 14.1 Å². The van der Waals surface area contributed by atoms with Gasteiger partial charge in [-0.25, -0.2) is 14.0 Å². The van der Waals surface area contributed by atoms with Gasteiger partial charge in [-0.15, -0.1) is 4.48 Å². The SMILES string of the molecule is CC(C)(C)OC(=O)N[C@H]1CCN(c2ccc([N+]3(C(=O)c4cnsn4)CCOC3=O)cc2F)C1. The molecule has 0 radical (unpaired) electrons. The van der Waals surface area contributed by atoms with Crippen molar-refractivity contribution in [2.24, 2.45) is 0 Å². The molecule has 0 bridgehead atoms. The molecule has 0 aliphatic carbocycles. The molecule has 1 aromatic heterocycles. The van der Waals surface area contributed by atoms with Gasteiger partial charge >= 0.3 is 18.1 Å². The highest BCUT2D eigenvalue weighted by atomic mass is 32.1. The first-order valence-electron chi connectivity index (χ1n) is 10.5. The second-order valence-electron chi connectivity index (χ2n) is 8.96. The maximum atomic E-state index is 15.2. The number of anilines is 1. The van der Waals surface area contributed by atoms with Crippen molar-refractivity contribution in [3.8, 4) is 0 Å². The molecule has 12 heteroatoms. The number of amides is 3. The number of quaternary nitrogens is 1. The average molecular weight is 479 g/mol. The van der Waals surface area contributed by atoms with Crippen LogP contribution in [0.25, 0.3) is 0 Å². The molecule has 1 unspecified atom stereocenters. The Morgan fingerprint density at radius 3 is 2.76 bits per heavy atom. The van der Waals surface area contributed by atoms with Gasteiger partial charge in [0.2, 0.25) is 5.69 Å². The first-order chi connectivity index (χ1) is 15.6. The second kappa shape index (κ2) is 8.67. The van der Waals surface area contributed by atoms with Crippen molar-refractivity contribution in [2.45, 2.75) is 38.8 Å². The number of imide groups is 1. The van der Waals surface area contributed by atoms with Crippen LogP contribution in [0.2, 0.25) is 0 Å². The third kappa shape index (κ3) is 4.53. The van der Waals surface area contributed by atoms with Crippen molar-refractivity contribution in [3.63, 3.8) is 0 Å². The molecule has 33 heavy (non-hydrogen) atoms. The van der Waals surface area contributed by atoms with Gasteiger partial charge in [0.15, 0.2) is 11.5 Å². The predicted octanol–water partition coefficient (Wildman–Crippen LogP) is 3.08. The van der Waals surface area contributed by atoms with Crippen LogP contribution in [0.1, 0.15) is 37.7 Å². The zero-order chi connectivity index (χ0) is 23.8. The first kappa shape index (κ1) is 23.1. The van der Waals surface area contributed by atoms with E-state index in [1.807, 2.05) is 0 Å². The molecule has 1 N–H and O–H groups in total. The standard InChI is InChI=1S/C21H24FN5O5S/c1-21(2,3)32-19(29)24-13-6-7-26(12-13)17-5-4-14(10-15(17)22)27(8-9-31-20(27)30)18(28)16-11-23-33-25-16/h4-5,10-11,13H,6-9,12H2,1-3H3/p+1/t13-,27?/m0/s1. The summed E-state index contributed by atoms with van der Waals surface area (Å²) in [4.78, 5) is 39.6. The summed E-state index contributed by atoms with van der Waals surface area (Å²) in [5.41, 5.74) is -0.0922. The molecule has 2 saturated heterocycles. The quantitative estimate of drug-likeness (QED) is 0.668. The number of aromatic nitrogens is 2. The van der Waals surface area contributed by atoms with Crippen molar-refractivity contribution in [1.29, 1.82) is 0 Å². The first-order valence-corrected chi connectivity index (χ1v) is 11.3. The van der Waals surface area contributed by atoms with E-state index in [4.69, 9.17) is 9.47 Å². The summed E-state index contributed by atoms with van der Waals surface area (Å²) in [6.07, 6.45) is 0.620. The van der Waals surface area contributed by atoms with Crippen LogP contribution in [0, 0.1) is 5.82 Å². The third-order valence-electron chi connectivity index (χ3n) is 5.51. The number of hydrogen-bond donors (Lipinski definition) is 1. The maximum absolute atomic E-state index is 15.2. The van der Waals surface area contributed by atoms with Crippen LogP contribution in [0.3, 0.4) is 0 Å². The number of alkyl carbamates (subject to hydrolysis) is 1. The van der Waals surface area contributed by atoms with Crippen LogP contribution in [0.5, 0.6) is 0 Å². The van der Waals surface area contributed by atoms with Gasteiger partial charge in [-0.05, 0) is 33.3 Å². The average Bonchev–Trinajstić information content (AvgIpc) is 3.47. The maximum Gasteiger partial charge on any atom is 0.529 e. The number of nitrogens with one attached hydrogen (secondary N) is 1. The van der Waals surface area contributed by atoms with Gasteiger partial charge in [-0.3, -0.25) is 0 Å². The molecule has 2 aromatic rings. The minimum absolute atomic E-state index is 0.0268. The number of ether oxygens (including phenoxy) is 2. The molecular formula is C21H25FN5O5S+. The number of benzene rings is 1. The molecule has 3 amide bonds. The molecule has 176 valence electrons. The van der Waals surface area contributed by atoms with Crippen molar-refractivity contribution in [3.05, 3.63) is 35.9 Å². The van der Waals surface area contributed by atoms with Crippen molar-refractivity contribution < 1.29 is 28.2 Å². The number of carbonyl (C=O) groups excluding carboxylic acids is 3. The van der Waals surface area contributed by atoms with Crippen molar-refractivity contribution in [2.75, 3.05) is 31.1 Å². The van der Waals surface area contributed by atoms with E-state index >= 15 is 4.39 Å². The van der Waals surface area contributed by atoms with Crippen LogP contribution >= 0.6 is 11.7 Å². The number of carbonyl (C=O) groups is 3. The summed E-state index contributed by atoms with van der Waals surface area (Å²) in [5, 5.41) is 2.81. The topological polar surface area (TPSA) is 111 Å². The van der Waals surface area contributed by atoms with E-state index in [0.29, 0.717) is 25.2 Å². The lowest BCUT2D eigenvalue weighted by Gasteiger charge is -2.25. The summed E-state index contributed by atoms with van der Waals surface area (Å²) >= 11 is 0.849. The number of cyclic esters (lactones) is 1. The molecule has 0 saturated carbocycles. The van der Waals surface area contributed by atoms with Gasteiger partial charge in [-0.1, -0.05) is 0 Å². The Labute approximate surface area is 194 Å². The lowest BCUT2D eigenvalue weighted by Crippen LogP contribution is -2.55. The fraction of sp³-hybridized carbons (Fsp3) is 0.476. The highest BCUT2D eigenvalue weighted by Gasteiger charge is 2.54. The summed E-state index contributed by atoms with van der Waals surface area (Å²) < 4.78 is 32.5. The van der Waals surface area contributed by atoms with Crippen molar-refractivity contribution >= 4 is 41.2 Å².